The van der Waals surface area contributed by atoms with Gasteiger partial charge in [0.25, 0.3) is 0 Å². The van der Waals surface area contributed by atoms with E-state index in [1.165, 1.54) is 6.20 Å². The van der Waals surface area contributed by atoms with Crippen molar-refractivity contribution in [2.45, 2.75) is 39.8 Å². The molecule has 6 heterocycles. The number of para-hydroxylation sites is 2. The average Bonchev–Trinajstić information content (AvgIpc) is 3.37. The third-order valence-electron chi connectivity index (χ3n) is 11.8. The highest BCUT2D eigenvalue weighted by Gasteiger charge is 2.33. The molecule has 378 valence electrons. The van der Waals surface area contributed by atoms with Crippen molar-refractivity contribution in [3.63, 3.8) is 0 Å². The molecule has 0 spiro atoms. The van der Waals surface area contributed by atoms with Crippen molar-refractivity contribution in [1.82, 2.24) is 24.8 Å². The second-order valence-electron chi connectivity index (χ2n) is 17.5. The number of ether oxygens (including phenoxy) is 3. The predicted molar refractivity (Wildman–Crippen MR) is 295 cm³/mol. The van der Waals surface area contributed by atoms with E-state index in [9.17, 15) is 9.13 Å². The Morgan fingerprint density at radius 2 is 1.06 bits per heavy atom. The Kier molecular flexibility index (Phi) is 17.8. The van der Waals surface area contributed by atoms with Crippen LogP contribution in [-0.4, -0.2) is 123 Å². The van der Waals surface area contributed by atoms with Gasteiger partial charge in [-0.3, -0.25) is 0 Å². The Labute approximate surface area is 428 Å². The second kappa shape index (κ2) is 23.7. The van der Waals surface area contributed by atoms with Gasteiger partial charge in [0.1, 0.15) is 49.0 Å². The summed E-state index contributed by atoms with van der Waals surface area (Å²) in [5.74, 6) is 3.33. The molecule has 0 amide bonds. The fraction of sp³-hybridized carbons (Fsp3) is 0.373. The van der Waals surface area contributed by atoms with Crippen LogP contribution >= 0.6 is 37.5 Å². The molecule has 4 N–H and O–H groups in total. The average molecular weight is 1050 g/mol. The van der Waals surface area contributed by atoms with Crippen LogP contribution in [0.25, 0.3) is 0 Å². The molecule has 2 atom stereocenters. The SMILES string of the molecule is CC.CC.CN1CCN2c3ccc(Nc4ncc(Cl)c(Nc5ccccc5P(C)(C)=O)n4)cc3OCC2C1.CP(C)(=O)c1ccccc1Nc1nc(Nc2ccc3c(c2)OCC2COCCN32)ncc1Cl. The number of halogens is 2. The van der Waals surface area contributed by atoms with Gasteiger partial charge >= 0.3 is 0 Å². The van der Waals surface area contributed by atoms with Gasteiger partial charge in [-0.25, -0.2) is 9.97 Å². The number of rotatable bonds is 10. The molecule has 4 aromatic carbocycles. The minimum Gasteiger partial charge on any atom is -0.489 e. The number of morpholine rings is 1. The zero-order valence-corrected chi connectivity index (χ0v) is 45.2. The Morgan fingerprint density at radius 3 is 1.55 bits per heavy atom. The van der Waals surface area contributed by atoms with Gasteiger partial charge in [0.2, 0.25) is 11.9 Å². The van der Waals surface area contributed by atoms with Gasteiger partial charge in [-0.2, -0.15) is 9.97 Å². The van der Waals surface area contributed by atoms with Crippen LogP contribution in [0.1, 0.15) is 27.7 Å². The molecular formula is C51H65Cl2N11O5P2. The quantitative estimate of drug-likeness (QED) is 0.0955. The number of piperazine rings is 1. The fourth-order valence-corrected chi connectivity index (χ4v) is 11.1. The van der Waals surface area contributed by atoms with E-state index in [1.54, 1.807) is 32.9 Å². The molecule has 0 saturated carbocycles. The molecule has 2 fully saturated rings. The molecule has 20 heteroatoms. The van der Waals surface area contributed by atoms with Crippen LogP contribution in [0.15, 0.2) is 97.3 Å². The van der Waals surface area contributed by atoms with Gasteiger partial charge in [0.15, 0.2) is 11.6 Å². The van der Waals surface area contributed by atoms with Crippen LogP contribution in [0.3, 0.4) is 0 Å². The zero-order valence-electron chi connectivity index (χ0n) is 41.9. The Bertz CT molecular complexity index is 2890. The van der Waals surface area contributed by atoms with Crippen LogP contribution < -0.4 is 51.1 Å². The summed E-state index contributed by atoms with van der Waals surface area (Å²) in [6.45, 7) is 21.5. The van der Waals surface area contributed by atoms with E-state index in [0.717, 1.165) is 77.6 Å². The Hall–Kier alpha value is -5.60. The lowest BCUT2D eigenvalue weighted by molar-refractivity contribution is 0.0705. The molecule has 2 aromatic heterocycles. The normalized spacial score (nSPS) is 16.9. The summed E-state index contributed by atoms with van der Waals surface area (Å²) in [4.78, 5) is 24.8. The first-order valence-corrected chi connectivity index (χ1v) is 29.9. The summed E-state index contributed by atoms with van der Waals surface area (Å²) in [6, 6.07) is 27.6. The summed E-state index contributed by atoms with van der Waals surface area (Å²) in [5, 5.41) is 15.1. The standard InChI is InChI=1S/C24H28ClN6O2P.C23H25ClN5O3P.2C2H6/c1-30-10-11-31-17(14-30)15-33-21-12-16(8-9-20(21)31)27-24-26-13-18(25)23(29-24)28-19-6-4-5-7-22(19)34(2,3)32;1-33(2,30)21-6-4-3-5-18(21)27-22-17(24)12-25-23(28-22)26-15-7-8-19-20(11-15)32-14-16-13-31-10-9-29(16)19;2*1-2/h4-9,12-13,17H,10-11,14-15H2,1-3H3,(H2,26,27,28,29);3-8,11-12,16H,9-10,13-14H2,1-2H3,(H2,25,26,27,28);2*1-2H3. The van der Waals surface area contributed by atoms with Gasteiger partial charge in [-0.05, 0) is 82.2 Å². The van der Waals surface area contributed by atoms with Crippen molar-refractivity contribution in [3.05, 3.63) is 107 Å². The molecule has 0 aliphatic carbocycles. The van der Waals surface area contributed by atoms with E-state index >= 15 is 0 Å². The Balaban J connectivity index is 0.000000195. The van der Waals surface area contributed by atoms with E-state index in [0.29, 0.717) is 70.8 Å². The van der Waals surface area contributed by atoms with Crippen molar-refractivity contribution in [2.75, 3.05) is 117 Å². The van der Waals surface area contributed by atoms with Crippen LogP contribution in [0.2, 0.25) is 10.0 Å². The number of aromatic nitrogens is 4. The first kappa shape index (κ1) is 53.2. The maximum atomic E-state index is 12.7. The summed E-state index contributed by atoms with van der Waals surface area (Å²) < 4.78 is 43.0. The largest absolute Gasteiger partial charge is 0.489 e. The molecule has 2 saturated heterocycles. The number of hydrogen-bond donors (Lipinski definition) is 4. The third kappa shape index (κ3) is 13.1. The summed E-state index contributed by atoms with van der Waals surface area (Å²) in [6.07, 6.45) is 3.08. The summed E-state index contributed by atoms with van der Waals surface area (Å²) >= 11 is 12.7. The van der Waals surface area contributed by atoms with Crippen LogP contribution in [0.4, 0.5) is 57.7 Å². The number of benzene rings is 4. The number of nitrogens with one attached hydrogen (secondary N) is 4. The van der Waals surface area contributed by atoms with Gasteiger partial charge in [-0.1, -0.05) is 75.2 Å². The smallest absolute Gasteiger partial charge is 0.229 e. The van der Waals surface area contributed by atoms with E-state index in [4.69, 9.17) is 37.4 Å². The van der Waals surface area contributed by atoms with Gasteiger partial charge in [0, 0.05) is 60.3 Å². The van der Waals surface area contributed by atoms with Crippen LogP contribution in [-0.2, 0) is 13.9 Å². The van der Waals surface area contributed by atoms with E-state index < -0.39 is 14.3 Å². The molecule has 10 rings (SSSR count). The topological polar surface area (TPSA) is 171 Å². The molecule has 16 nitrogen and oxygen atoms in total. The number of hydrogen-bond acceptors (Lipinski definition) is 16. The highest BCUT2D eigenvalue weighted by Crippen LogP contribution is 2.42. The van der Waals surface area contributed by atoms with Gasteiger partial charge < -0.3 is 59.3 Å². The van der Waals surface area contributed by atoms with Gasteiger partial charge in [0.05, 0.1) is 60.4 Å². The number of likely N-dealkylation sites (N-methyl/N-ethyl adjacent to an activating group) is 1. The molecule has 6 aromatic rings. The lowest BCUT2D eigenvalue weighted by Crippen LogP contribution is -2.56. The molecule has 71 heavy (non-hydrogen) atoms. The minimum atomic E-state index is -2.49. The number of fused-ring (bicyclic) bond motifs is 6. The van der Waals surface area contributed by atoms with Crippen LogP contribution in [0.5, 0.6) is 11.5 Å². The Morgan fingerprint density at radius 1 is 0.592 bits per heavy atom. The first-order valence-electron chi connectivity index (χ1n) is 23.9. The molecule has 0 bridgehead atoms. The van der Waals surface area contributed by atoms with E-state index in [1.807, 2.05) is 107 Å². The van der Waals surface area contributed by atoms with E-state index in [-0.39, 0.29) is 6.04 Å². The van der Waals surface area contributed by atoms with Crippen molar-refractivity contribution in [1.29, 1.82) is 0 Å². The predicted octanol–water partition coefficient (Wildman–Crippen LogP) is 10.9. The highest BCUT2D eigenvalue weighted by atomic mass is 35.5. The number of anilines is 10. The summed E-state index contributed by atoms with van der Waals surface area (Å²) in [5.41, 5.74) is 5.24. The molecular weight excluding hydrogens is 979 g/mol. The zero-order chi connectivity index (χ0) is 50.9. The van der Waals surface area contributed by atoms with Crippen molar-refractivity contribution < 1.29 is 23.3 Å². The first-order chi connectivity index (χ1) is 34.2. The minimum absolute atomic E-state index is 0.253. The van der Waals surface area contributed by atoms with Gasteiger partial charge in [-0.15, -0.1) is 0 Å². The van der Waals surface area contributed by atoms with Crippen LogP contribution in [0, 0.1) is 0 Å². The summed E-state index contributed by atoms with van der Waals surface area (Å²) in [7, 11) is -2.82. The molecule has 4 aliphatic heterocycles. The lowest BCUT2D eigenvalue weighted by Gasteiger charge is -2.44. The second-order valence-corrected chi connectivity index (χ2v) is 24.7. The molecule has 4 aliphatic rings. The maximum Gasteiger partial charge on any atom is 0.229 e. The monoisotopic (exact) mass is 1040 g/mol. The molecule has 0 radical (unpaired) electrons. The van der Waals surface area contributed by atoms with Crippen molar-refractivity contribution >= 4 is 106 Å². The van der Waals surface area contributed by atoms with E-state index in [2.05, 4.69) is 69.0 Å². The molecule has 2 unspecified atom stereocenters. The fourth-order valence-electron chi connectivity index (χ4n) is 8.48. The van der Waals surface area contributed by atoms with Crippen molar-refractivity contribution in [3.8, 4) is 11.5 Å². The number of nitrogens with zero attached hydrogens (tertiary/aromatic N) is 7. The van der Waals surface area contributed by atoms with Crippen molar-refractivity contribution in [2.24, 2.45) is 0 Å². The highest BCUT2D eigenvalue weighted by molar-refractivity contribution is 7.70. The third-order valence-corrected chi connectivity index (χ3v) is 15.4. The lowest BCUT2D eigenvalue weighted by atomic mass is 10.1. The maximum absolute atomic E-state index is 12.7.